The highest BCUT2D eigenvalue weighted by molar-refractivity contribution is 7.96. The van der Waals surface area contributed by atoms with Crippen LogP contribution in [0.3, 0.4) is 0 Å². The van der Waals surface area contributed by atoms with E-state index in [1.165, 1.54) is 55.5 Å². The van der Waals surface area contributed by atoms with Crippen molar-refractivity contribution in [2.45, 2.75) is 57.0 Å². The van der Waals surface area contributed by atoms with Crippen LogP contribution in [0.4, 0.5) is 0 Å². The van der Waals surface area contributed by atoms with Crippen molar-refractivity contribution in [2.75, 3.05) is 5.75 Å². The molecule has 0 spiro atoms. The molecule has 37 heavy (non-hydrogen) atoms. The molecule has 1 aliphatic rings. The SMILES string of the molecule is CCS(=O)(=O)NC1(P(=O)(OC(C)C)OC(C)C)C=C(S(=O)(=O)c2ccc(Cl)cc2)C(=O)c2ccccc21. The summed E-state index contributed by atoms with van der Waals surface area (Å²) in [7, 11) is -13.3. The molecule has 0 saturated heterocycles. The summed E-state index contributed by atoms with van der Waals surface area (Å²) in [5, 5.41) is -2.09. The summed E-state index contributed by atoms with van der Waals surface area (Å²) >= 11 is 5.91. The Hall–Kier alpha value is -1.85. The van der Waals surface area contributed by atoms with Crippen molar-refractivity contribution in [3.8, 4) is 0 Å². The first-order chi connectivity index (χ1) is 17.1. The van der Waals surface area contributed by atoms with Gasteiger partial charge in [-0.1, -0.05) is 35.9 Å². The van der Waals surface area contributed by atoms with Gasteiger partial charge in [-0.25, -0.2) is 16.8 Å². The molecule has 2 aromatic rings. The molecule has 1 N–H and O–H groups in total. The van der Waals surface area contributed by atoms with Gasteiger partial charge >= 0.3 is 7.60 Å². The molecule has 0 amide bonds. The minimum atomic E-state index is -4.62. The van der Waals surface area contributed by atoms with Crippen molar-refractivity contribution >= 4 is 44.8 Å². The monoisotopic (exact) mass is 589 g/mol. The Labute approximate surface area is 222 Å². The third-order valence-corrected chi connectivity index (χ3v) is 11.7. The van der Waals surface area contributed by atoms with Crippen LogP contribution in [-0.4, -0.2) is 40.6 Å². The molecule has 0 aliphatic heterocycles. The Bertz CT molecular complexity index is 1470. The molecule has 9 nitrogen and oxygen atoms in total. The average Bonchev–Trinajstić information content (AvgIpc) is 2.80. The summed E-state index contributed by atoms with van der Waals surface area (Å²) in [6.45, 7) is 7.67. The van der Waals surface area contributed by atoms with E-state index in [1.54, 1.807) is 27.7 Å². The second kappa shape index (κ2) is 10.7. The van der Waals surface area contributed by atoms with E-state index in [1.807, 2.05) is 0 Å². The Morgan fingerprint density at radius 2 is 1.49 bits per heavy atom. The van der Waals surface area contributed by atoms with Crippen LogP contribution in [0.2, 0.25) is 5.02 Å². The third-order valence-electron chi connectivity index (χ3n) is 5.38. The molecule has 0 saturated carbocycles. The lowest BCUT2D eigenvalue weighted by molar-refractivity contribution is 0.103. The van der Waals surface area contributed by atoms with Gasteiger partial charge in [0.2, 0.25) is 25.6 Å². The fourth-order valence-corrected chi connectivity index (χ4v) is 9.41. The van der Waals surface area contributed by atoms with Crippen LogP contribution < -0.4 is 4.72 Å². The number of halogens is 1. The lowest BCUT2D eigenvalue weighted by Gasteiger charge is -2.42. The zero-order valence-electron chi connectivity index (χ0n) is 21.0. The number of carbonyl (C=O) groups is 1. The van der Waals surface area contributed by atoms with Crippen LogP contribution in [-0.2, 0) is 38.8 Å². The van der Waals surface area contributed by atoms with Crippen molar-refractivity contribution < 1.29 is 35.2 Å². The molecule has 0 radical (unpaired) electrons. The number of hydrogen-bond acceptors (Lipinski definition) is 8. The highest BCUT2D eigenvalue weighted by atomic mass is 35.5. The first kappa shape index (κ1) is 29.7. The quantitative estimate of drug-likeness (QED) is 0.382. The van der Waals surface area contributed by atoms with E-state index in [2.05, 4.69) is 4.72 Å². The summed E-state index contributed by atoms with van der Waals surface area (Å²) in [4.78, 5) is 12.5. The maximum Gasteiger partial charge on any atom is 0.360 e. The second-order valence-corrected chi connectivity index (χ2v) is 15.4. The maximum atomic E-state index is 14.7. The number of carbonyl (C=O) groups excluding carboxylic acids is 1. The van der Waals surface area contributed by atoms with Gasteiger partial charge in [0.05, 0.1) is 22.9 Å². The number of allylic oxidation sites excluding steroid dienone is 1. The number of sulfonamides is 1. The summed E-state index contributed by atoms with van der Waals surface area (Å²) in [5.74, 6) is -1.32. The van der Waals surface area contributed by atoms with Crippen molar-refractivity contribution in [1.29, 1.82) is 0 Å². The number of benzene rings is 2. The Kier molecular flexibility index (Phi) is 8.61. The maximum absolute atomic E-state index is 14.7. The normalized spacial score (nSPS) is 18.7. The average molecular weight is 590 g/mol. The zero-order valence-corrected chi connectivity index (χ0v) is 24.2. The fourth-order valence-electron chi connectivity index (χ4n) is 3.84. The van der Waals surface area contributed by atoms with Crippen molar-refractivity contribution in [2.24, 2.45) is 0 Å². The van der Waals surface area contributed by atoms with Gasteiger partial charge in [0, 0.05) is 16.1 Å². The van der Waals surface area contributed by atoms with E-state index >= 15 is 0 Å². The second-order valence-electron chi connectivity index (χ2n) is 8.92. The molecule has 1 unspecified atom stereocenters. The number of fused-ring (bicyclic) bond motifs is 1. The van der Waals surface area contributed by atoms with Crippen LogP contribution >= 0.6 is 19.2 Å². The smallest absolute Gasteiger partial charge is 0.304 e. The standard InChI is InChI=1S/C24H29ClNO8PS2/c1-6-36(29,30)26-24(35(28,33-16(2)3)34-17(4)5)15-22(23(27)20-9-7-8-10-21(20)24)37(31,32)19-13-11-18(25)12-14-19/h7-17,26H,6H2,1-5H3. The van der Waals surface area contributed by atoms with Crippen LogP contribution in [0.25, 0.3) is 0 Å². The summed E-state index contributed by atoms with van der Waals surface area (Å²) < 4.78 is 82.2. The van der Waals surface area contributed by atoms with E-state index in [-0.39, 0.29) is 21.0 Å². The molecule has 3 rings (SSSR count). The van der Waals surface area contributed by atoms with Gasteiger partial charge in [-0.3, -0.25) is 9.36 Å². The largest absolute Gasteiger partial charge is 0.360 e. The number of ketones is 1. The topological polar surface area (TPSA) is 133 Å². The van der Waals surface area contributed by atoms with Crippen molar-refractivity contribution in [3.05, 3.63) is 75.7 Å². The van der Waals surface area contributed by atoms with E-state index in [4.69, 9.17) is 20.6 Å². The highest BCUT2D eigenvalue weighted by Gasteiger charge is 2.59. The van der Waals surface area contributed by atoms with Gasteiger partial charge in [-0.15, -0.1) is 0 Å². The van der Waals surface area contributed by atoms with E-state index < -0.39 is 61.4 Å². The number of nitrogens with one attached hydrogen (secondary N) is 1. The first-order valence-corrected chi connectivity index (χ1v) is 16.5. The molecular weight excluding hydrogens is 561 g/mol. The fraction of sp³-hybridized carbons (Fsp3) is 0.375. The minimum absolute atomic E-state index is 0.0447. The van der Waals surface area contributed by atoms with Crippen LogP contribution in [0, 0.1) is 0 Å². The molecule has 13 heteroatoms. The third kappa shape index (κ3) is 5.78. The van der Waals surface area contributed by atoms with Gasteiger partial charge in [-0.2, -0.15) is 4.72 Å². The zero-order chi connectivity index (χ0) is 27.8. The van der Waals surface area contributed by atoms with Crippen LogP contribution in [0.5, 0.6) is 0 Å². The van der Waals surface area contributed by atoms with Gasteiger partial charge in [0.1, 0.15) is 4.91 Å². The summed E-state index contributed by atoms with van der Waals surface area (Å²) in [5.41, 5.74) is -0.201. The van der Waals surface area contributed by atoms with Crippen molar-refractivity contribution in [1.82, 2.24) is 4.72 Å². The molecule has 0 fully saturated rings. The van der Waals surface area contributed by atoms with E-state index in [9.17, 15) is 26.2 Å². The molecule has 0 bridgehead atoms. The summed E-state index contributed by atoms with van der Waals surface area (Å²) in [6.07, 6.45) is -0.579. The van der Waals surface area contributed by atoms with Gasteiger partial charge in [0.25, 0.3) is 0 Å². The molecule has 1 atom stereocenters. The number of Topliss-reactive ketones (excluding diaryl/α,β-unsaturated/α-hetero) is 1. The van der Waals surface area contributed by atoms with E-state index in [0.717, 1.165) is 6.08 Å². The molecule has 0 heterocycles. The predicted molar refractivity (Wildman–Crippen MR) is 142 cm³/mol. The summed E-state index contributed by atoms with van der Waals surface area (Å²) in [6, 6.07) is 10.9. The van der Waals surface area contributed by atoms with Crippen LogP contribution in [0.1, 0.15) is 50.5 Å². The number of rotatable bonds is 10. The molecule has 202 valence electrons. The highest BCUT2D eigenvalue weighted by Crippen LogP contribution is 2.67. The van der Waals surface area contributed by atoms with Crippen molar-refractivity contribution in [3.63, 3.8) is 0 Å². The van der Waals surface area contributed by atoms with E-state index in [0.29, 0.717) is 0 Å². The molecule has 1 aliphatic carbocycles. The molecule has 2 aromatic carbocycles. The number of hydrogen-bond donors (Lipinski definition) is 1. The predicted octanol–water partition coefficient (Wildman–Crippen LogP) is 5.03. The first-order valence-electron chi connectivity index (χ1n) is 11.4. The van der Waals surface area contributed by atoms with Crippen LogP contribution in [0.15, 0.2) is 64.4 Å². The van der Waals surface area contributed by atoms with Gasteiger partial charge in [-0.05, 0) is 65.0 Å². The molecule has 0 aromatic heterocycles. The van der Waals surface area contributed by atoms with Gasteiger partial charge < -0.3 is 9.05 Å². The Morgan fingerprint density at radius 1 is 0.946 bits per heavy atom. The molecular formula is C24H29ClNO8PS2. The lowest BCUT2D eigenvalue weighted by Crippen LogP contribution is -2.49. The Balaban J connectivity index is 2.50. The minimum Gasteiger partial charge on any atom is -0.304 e. The number of sulfone groups is 1. The van der Waals surface area contributed by atoms with Gasteiger partial charge in [0.15, 0.2) is 5.28 Å². The lowest BCUT2D eigenvalue weighted by atomic mass is 9.92. The Morgan fingerprint density at radius 3 is 2.00 bits per heavy atom.